The SMILES string of the molecule is Cc1cc(CNC(C)C)cnc1N(C)CC1CCN(C)C1. The zero-order chi connectivity index (χ0) is 15.4. The molecular formula is C17H30N4. The fourth-order valence-corrected chi connectivity index (χ4v) is 3.09. The molecule has 0 spiro atoms. The summed E-state index contributed by atoms with van der Waals surface area (Å²) < 4.78 is 0. The van der Waals surface area contributed by atoms with Crippen molar-refractivity contribution >= 4 is 5.82 Å². The van der Waals surface area contributed by atoms with E-state index in [1.165, 1.54) is 30.6 Å². The van der Waals surface area contributed by atoms with Gasteiger partial charge in [-0.15, -0.1) is 0 Å². The Morgan fingerprint density at radius 2 is 2.24 bits per heavy atom. The van der Waals surface area contributed by atoms with E-state index in [0.717, 1.165) is 24.8 Å². The van der Waals surface area contributed by atoms with E-state index in [9.17, 15) is 0 Å². The first kappa shape index (κ1) is 16.2. The van der Waals surface area contributed by atoms with Crippen molar-refractivity contribution in [2.75, 3.05) is 38.6 Å². The van der Waals surface area contributed by atoms with Gasteiger partial charge in [0.05, 0.1) is 0 Å². The third-order valence-electron chi connectivity index (χ3n) is 4.20. The number of likely N-dealkylation sites (tertiary alicyclic amines) is 1. The number of rotatable bonds is 6. The number of hydrogen-bond donors (Lipinski definition) is 1. The van der Waals surface area contributed by atoms with Gasteiger partial charge in [0.15, 0.2) is 0 Å². The lowest BCUT2D eigenvalue weighted by Crippen LogP contribution is -2.28. The second kappa shape index (κ2) is 7.23. The highest BCUT2D eigenvalue weighted by Gasteiger charge is 2.21. The van der Waals surface area contributed by atoms with Crippen molar-refractivity contribution in [2.24, 2.45) is 5.92 Å². The number of pyridine rings is 1. The smallest absolute Gasteiger partial charge is 0.131 e. The molecule has 1 aromatic rings. The topological polar surface area (TPSA) is 31.4 Å². The molecule has 0 aliphatic carbocycles. The fourth-order valence-electron chi connectivity index (χ4n) is 3.09. The van der Waals surface area contributed by atoms with Crippen LogP contribution in [0.3, 0.4) is 0 Å². The Bertz CT molecular complexity index is 458. The lowest BCUT2D eigenvalue weighted by Gasteiger charge is -2.24. The van der Waals surface area contributed by atoms with Crippen molar-refractivity contribution in [1.82, 2.24) is 15.2 Å². The highest BCUT2D eigenvalue weighted by atomic mass is 15.2. The second-order valence-electron chi connectivity index (χ2n) is 6.82. The van der Waals surface area contributed by atoms with Gasteiger partial charge in [0.25, 0.3) is 0 Å². The van der Waals surface area contributed by atoms with Gasteiger partial charge >= 0.3 is 0 Å². The predicted molar refractivity (Wildman–Crippen MR) is 89.8 cm³/mol. The van der Waals surface area contributed by atoms with Crippen LogP contribution in [0.1, 0.15) is 31.4 Å². The molecule has 1 aliphatic rings. The van der Waals surface area contributed by atoms with Crippen LogP contribution in [0, 0.1) is 12.8 Å². The number of nitrogens with zero attached hydrogens (tertiary/aromatic N) is 3. The van der Waals surface area contributed by atoms with Gasteiger partial charge in [-0.2, -0.15) is 0 Å². The van der Waals surface area contributed by atoms with Crippen molar-refractivity contribution in [3.8, 4) is 0 Å². The van der Waals surface area contributed by atoms with Gasteiger partial charge in [0, 0.05) is 38.9 Å². The molecular weight excluding hydrogens is 260 g/mol. The summed E-state index contributed by atoms with van der Waals surface area (Å²) in [5, 5.41) is 3.44. The van der Waals surface area contributed by atoms with Crippen molar-refractivity contribution in [2.45, 2.75) is 39.8 Å². The first-order chi connectivity index (χ1) is 9.95. The van der Waals surface area contributed by atoms with Crippen molar-refractivity contribution < 1.29 is 0 Å². The van der Waals surface area contributed by atoms with Crippen LogP contribution in [-0.2, 0) is 6.54 Å². The van der Waals surface area contributed by atoms with Crippen LogP contribution >= 0.6 is 0 Å². The zero-order valence-electron chi connectivity index (χ0n) is 14.2. The molecule has 1 unspecified atom stereocenters. The van der Waals surface area contributed by atoms with Gasteiger partial charge in [-0.25, -0.2) is 4.98 Å². The summed E-state index contributed by atoms with van der Waals surface area (Å²) in [6.07, 6.45) is 3.31. The molecule has 118 valence electrons. The molecule has 4 heteroatoms. The second-order valence-corrected chi connectivity index (χ2v) is 6.82. The minimum absolute atomic E-state index is 0.506. The van der Waals surface area contributed by atoms with E-state index in [0.29, 0.717) is 6.04 Å². The van der Waals surface area contributed by atoms with E-state index < -0.39 is 0 Å². The molecule has 0 amide bonds. The molecule has 1 fully saturated rings. The molecule has 1 atom stereocenters. The maximum Gasteiger partial charge on any atom is 0.131 e. The van der Waals surface area contributed by atoms with E-state index in [4.69, 9.17) is 0 Å². The molecule has 1 aliphatic heterocycles. The average Bonchev–Trinajstić information content (AvgIpc) is 2.81. The van der Waals surface area contributed by atoms with Gasteiger partial charge in [0.2, 0.25) is 0 Å². The average molecular weight is 290 g/mol. The standard InChI is InChI=1S/C17H30N4/c1-13(2)18-9-16-8-14(3)17(19-10-16)21(5)12-15-6-7-20(4)11-15/h8,10,13,15,18H,6-7,9,11-12H2,1-5H3. The molecule has 2 rings (SSSR count). The van der Waals surface area contributed by atoms with Crippen LogP contribution in [0.25, 0.3) is 0 Å². The molecule has 1 aromatic heterocycles. The predicted octanol–water partition coefficient (Wildman–Crippen LogP) is 2.28. The highest BCUT2D eigenvalue weighted by Crippen LogP contribution is 2.21. The Morgan fingerprint density at radius 3 is 2.81 bits per heavy atom. The van der Waals surface area contributed by atoms with Crippen molar-refractivity contribution in [1.29, 1.82) is 0 Å². The first-order valence-electron chi connectivity index (χ1n) is 8.04. The van der Waals surface area contributed by atoms with E-state index >= 15 is 0 Å². The molecule has 0 bridgehead atoms. The van der Waals surface area contributed by atoms with Crippen LogP contribution in [0.2, 0.25) is 0 Å². The maximum absolute atomic E-state index is 4.69. The molecule has 1 saturated heterocycles. The van der Waals surface area contributed by atoms with E-state index in [1.807, 2.05) is 6.20 Å². The van der Waals surface area contributed by atoms with Gasteiger partial charge in [-0.3, -0.25) is 0 Å². The lowest BCUT2D eigenvalue weighted by atomic mass is 10.1. The van der Waals surface area contributed by atoms with Crippen molar-refractivity contribution in [3.05, 3.63) is 23.4 Å². The number of hydrogen-bond acceptors (Lipinski definition) is 4. The third-order valence-corrected chi connectivity index (χ3v) is 4.20. The lowest BCUT2D eigenvalue weighted by molar-refractivity contribution is 0.395. The molecule has 0 radical (unpaired) electrons. The highest BCUT2D eigenvalue weighted by molar-refractivity contribution is 5.46. The van der Waals surface area contributed by atoms with Gasteiger partial charge in [-0.1, -0.05) is 13.8 Å². The molecule has 1 N–H and O–H groups in total. The third kappa shape index (κ3) is 4.68. The van der Waals surface area contributed by atoms with Crippen LogP contribution in [0.15, 0.2) is 12.3 Å². The number of aryl methyl sites for hydroxylation is 1. The van der Waals surface area contributed by atoms with E-state index in [-0.39, 0.29) is 0 Å². The monoisotopic (exact) mass is 290 g/mol. The number of nitrogens with one attached hydrogen (secondary N) is 1. The summed E-state index contributed by atoms with van der Waals surface area (Å²) in [6.45, 7) is 10.9. The summed E-state index contributed by atoms with van der Waals surface area (Å²) in [6, 6.07) is 2.77. The molecule has 21 heavy (non-hydrogen) atoms. The van der Waals surface area contributed by atoms with Gasteiger partial charge in [0.1, 0.15) is 5.82 Å². The first-order valence-corrected chi connectivity index (χ1v) is 8.04. The van der Waals surface area contributed by atoms with Gasteiger partial charge in [-0.05, 0) is 50.0 Å². The zero-order valence-corrected chi connectivity index (χ0v) is 14.2. The van der Waals surface area contributed by atoms with E-state index in [1.54, 1.807) is 0 Å². The quantitative estimate of drug-likeness (QED) is 0.871. The Hall–Kier alpha value is -1.13. The molecule has 4 nitrogen and oxygen atoms in total. The minimum atomic E-state index is 0.506. The van der Waals surface area contributed by atoms with Crippen molar-refractivity contribution in [3.63, 3.8) is 0 Å². The molecule has 0 aromatic carbocycles. The maximum atomic E-state index is 4.69. The summed E-state index contributed by atoms with van der Waals surface area (Å²) in [7, 11) is 4.37. The van der Waals surface area contributed by atoms with Crippen LogP contribution in [-0.4, -0.2) is 49.7 Å². The summed E-state index contributed by atoms with van der Waals surface area (Å²) >= 11 is 0. The summed E-state index contributed by atoms with van der Waals surface area (Å²) in [5.41, 5.74) is 2.53. The Morgan fingerprint density at radius 1 is 1.48 bits per heavy atom. The number of aromatic nitrogens is 1. The van der Waals surface area contributed by atoms with E-state index in [2.05, 4.69) is 61.0 Å². The van der Waals surface area contributed by atoms with Crippen LogP contribution in [0.5, 0.6) is 0 Å². The Kier molecular flexibility index (Phi) is 5.59. The van der Waals surface area contributed by atoms with Crippen LogP contribution in [0.4, 0.5) is 5.82 Å². The van der Waals surface area contributed by atoms with Gasteiger partial charge < -0.3 is 15.1 Å². The Balaban J connectivity index is 1.96. The normalized spacial score (nSPS) is 19.4. The molecule has 2 heterocycles. The Labute approximate surface area is 129 Å². The summed E-state index contributed by atoms with van der Waals surface area (Å²) in [5.74, 6) is 1.89. The number of anilines is 1. The fraction of sp³-hybridized carbons (Fsp3) is 0.706. The van der Waals surface area contributed by atoms with Crippen LogP contribution < -0.4 is 10.2 Å². The molecule has 0 saturated carbocycles. The minimum Gasteiger partial charge on any atom is -0.359 e. The summed E-state index contributed by atoms with van der Waals surface area (Å²) in [4.78, 5) is 9.42. The largest absolute Gasteiger partial charge is 0.359 e.